The summed E-state index contributed by atoms with van der Waals surface area (Å²) in [5.41, 5.74) is 0. The second-order valence-corrected chi connectivity index (χ2v) is 3.39. The molecule has 0 heterocycles. The molecule has 0 aromatic carbocycles. The van der Waals surface area contributed by atoms with Crippen molar-refractivity contribution in [3.05, 3.63) is 0 Å². The number of halogens is 7. The summed E-state index contributed by atoms with van der Waals surface area (Å²) < 4.78 is 91.6. The van der Waals surface area contributed by atoms with E-state index in [0.29, 0.717) is 0 Å². The number of carboxylic acids is 2. The second kappa shape index (κ2) is 39.2. The van der Waals surface area contributed by atoms with Crippen LogP contribution in [-0.2, 0) is 30.6 Å². The monoisotopic (exact) mass is 804 g/mol. The number of alkyl halides is 2. The summed E-state index contributed by atoms with van der Waals surface area (Å²) in [6.45, 7) is -2.67. The molecule has 0 bridgehead atoms. The maximum Gasteiger partial charge on any atom is 1.00 e. The number of carbonyl (C=O) groups excluding carboxylic acids is 1. The minimum absolute atomic E-state index is 0. The van der Waals surface area contributed by atoms with Gasteiger partial charge < -0.3 is 24.1 Å². The number of hydrogen-bond donors (Lipinski definition) is 1. The van der Waals surface area contributed by atoms with E-state index < -0.39 is 46.3 Å². The first-order valence-electron chi connectivity index (χ1n) is 3.53. The zero-order chi connectivity index (χ0) is 19.6. The predicted octanol–water partition coefficient (Wildman–Crippen LogP) is -9.02. The molecule has 1 N–H and O–H groups in total. The Morgan fingerprint density at radius 3 is 0.923 bits per heavy atom. The van der Waals surface area contributed by atoms with Crippen molar-refractivity contribution in [2.24, 2.45) is 0 Å². The van der Waals surface area contributed by atoms with E-state index in [1.54, 1.807) is 0 Å². The third-order valence-corrected chi connectivity index (χ3v) is 0.223. The fourth-order valence-corrected chi connectivity index (χ4v) is 0. The zero-order valence-electron chi connectivity index (χ0n) is 13.0. The molecule has 0 aliphatic carbocycles. The predicted molar refractivity (Wildman–Crippen MR) is 89.7 cm³/mol. The molecule has 0 spiro atoms. The first-order chi connectivity index (χ1) is 9.54. The molecule has 10 nitrogen and oxygen atoms in total. The van der Waals surface area contributed by atoms with Crippen molar-refractivity contribution in [1.29, 1.82) is 0 Å². The third kappa shape index (κ3) is 335. The van der Waals surface area contributed by atoms with Gasteiger partial charge in [-0.15, -0.1) is 31.7 Å². The van der Waals surface area contributed by atoms with Gasteiger partial charge in [-0.3, -0.25) is 0 Å². The van der Waals surface area contributed by atoms with E-state index in [4.69, 9.17) is 45.7 Å². The van der Waals surface area contributed by atoms with Crippen molar-refractivity contribution in [3.8, 4) is 0 Å². The average molecular weight is 804 g/mol. The SMILES string of the molecule is I.II.O=C(O)CF.O=C([O-])CF.O=S(=O)([O-])F.O=S(=O)([O-])F.[Na+].[Na+].[Na+]. The summed E-state index contributed by atoms with van der Waals surface area (Å²) in [4.78, 5) is 17.9. The molecule has 146 valence electrons. The molecular weight excluding hydrogens is 798 g/mol. The summed E-state index contributed by atoms with van der Waals surface area (Å²) in [6.07, 6.45) is 0. The molecule has 0 amide bonds. The summed E-state index contributed by atoms with van der Waals surface area (Å²) in [7, 11) is -10.8. The van der Waals surface area contributed by atoms with Gasteiger partial charge in [0.25, 0.3) is 21.0 Å². The average Bonchev–Trinajstić information content (AvgIpc) is 2.28. The molecule has 0 aromatic heterocycles. The van der Waals surface area contributed by atoms with Gasteiger partial charge in [0, 0.05) is 37.2 Å². The van der Waals surface area contributed by atoms with E-state index in [1.165, 1.54) is 0 Å². The quantitative estimate of drug-likeness (QED) is 0.0923. The minimum atomic E-state index is -5.42. The smallest absolute Gasteiger partial charge is 0.722 e. The maximum absolute atomic E-state index is 10.5. The van der Waals surface area contributed by atoms with E-state index >= 15 is 0 Å². The summed E-state index contributed by atoms with van der Waals surface area (Å²) in [5, 5.41) is 16.2. The number of hydrogen-bond acceptors (Lipinski definition) is 9. The van der Waals surface area contributed by atoms with Crippen LogP contribution >= 0.6 is 61.2 Å². The first kappa shape index (κ1) is 57.1. The Morgan fingerprint density at radius 1 is 0.846 bits per heavy atom. The molecule has 0 radical (unpaired) electrons. The van der Waals surface area contributed by atoms with Crippen LogP contribution < -0.4 is 93.8 Å². The molecule has 0 fully saturated rings. The Bertz CT molecular complexity index is 422. The van der Waals surface area contributed by atoms with Crippen LogP contribution in [0.4, 0.5) is 16.6 Å². The van der Waals surface area contributed by atoms with Gasteiger partial charge in [0.05, 0.1) is 5.97 Å². The molecule has 22 heteroatoms. The molecule has 0 aliphatic rings. The van der Waals surface area contributed by atoms with E-state index in [2.05, 4.69) is 37.2 Å². The van der Waals surface area contributed by atoms with Crippen LogP contribution in [0.2, 0.25) is 0 Å². The van der Waals surface area contributed by atoms with E-state index in [0.717, 1.165) is 0 Å². The second-order valence-electron chi connectivity index (χ2n) is 1.82. The summed E-state index contributed by atoms with van der Waals surface area (Å²) in [6, 6.07) is 0. The normalized spacial score (nSPS) is 7.54. The van der Waals surface area contributed by atoms with Gasteiger partial charge in [-0.2, -0.15) is 0 Å². The van der Waals surface area contributed by atoms with Crippen molar-refractivity contribution in [2.45, 2.75) is 0 Å². The van der Waals surface area contributed by atoms with E-state index in [-0.39, 0.29) is 113 Å². The van der Waals surface area contributed by atoms with Crippen molar-refractivity contribution in [2.75, 3.05) is 13.3 Å². The Balaban J connectivity index is -0.0000000195. The van der Waals surface area contributed by atoms with Gasteiger partial charge >= 0.3 is 94.6 Å². The van der Waals surface area contributed by atoms with Gasteiger partial charge in [0.15, 0.2) is 6.67 Å². The van der Waals surface area contributed by atoms with Crippen LogP contribution in [0.1, 0.15) is 0 Å². The largest absolute Gasteiger partial charge is 1.00 e. The van der Waals surface area contributed by atoms with Gasteiger partial charge in [0.2, 0.25) is 0 Å². The molecule has 0 aliphatic heterocycles. The van der Waals surface area contributed by atoms with Crippen LogP contribution in [-0.4, -0.2) is 56.3 Å². The van der Waals surface area contributed by atoms with Gasteiger partial charge in [-0.25, -0.2) is 30.4 Å². The van der Waals surface area contributed by atoms with Crippen LogP contribution in [0.3, 0.4) is 0 Å². The fraction of sp³-hybridized carbons (Fsp3) is 0.500. The number of carboxylic acid groups (broad SMARTS) is 2. The van der Waals surface area contributed by atoms with Crippen molar-refractivity contribution >= 4 is 94.2 Å². The topological polar surface area (TPSA) is 192 Å². The first-order valence-corrected chi connectivity index (χ1v) is 12.4. The van der Waals surface area contributed by atoms with Crippen LogP contribution in [0.5, 0.6) is 0 Å². The molecule has 0 rings (SSSR count). The minimum Gasteiger partial charge on any atom is -0.722 e. The van der Waals surface area contributed by atoms with Gasteiger partial charge in [-0.1, -0.05) is 0 Å². The van der Waals surface area contributed by atoms with Gasteiger partial charge in [0.1, 0.15) is 6.67 Å². The van der Waals surface area contributed by atoms with Crippen LogP contribution in [0.15, 0.2) is 0 Å². The molecule has 0 unspecified atom stereocenters. The van der Waals surface area contributed by atoms with Crippen molar-refractivity contribution < 1.29 is 151 Å². The number of aliphatic carboxylic acids is 2. The standard InChI is InChI=1S/2C2H3FO2.2FHO3S.I2.HI.3Na/c2*3-1-2(4)5;2*1-5(2,3)4;1-2;;;;/h2*1H2,(H,4,5);2*(H,2,3,4);;1H;;;/q;;;;;;3*+1/p-3. The Labute approximate surface area is 253 Å². The molecular formula is C4H6F4I3Na3O10S2. The zero-order valence-corrected chi connectivity index (χ0v) is 27.3. The Morgan fingerprint density at radius 2 is 0.923 bits per heavy atom. The molecule has 26 heavy (non-hydrogen) atoms. The maximum atomic E-state index is 10.5. The van der Waals surface area contributed by atoms with E-state index in [9.17, 15) is 16.6 Å². The number of carbonyl (C=O) groups is 2. The molecule has 0 aromatic rings. The molecule has 0 atom stereocenters. The Kier molecular flexibility index (Phi) is 86.0. The number of rotatable bonds is 2. The summed E-state index contributed by atoms with van der Waals surface area (Å²) in [5.74, 6) is -3.07. The molecule has 0 saturated heterocycles. The summed E-state index contributed by atoms with van der Waals surface area (Å²) >= 11 is 4.24. The van der Waals surface area contributed by atoms with Crippen molar-refractivity contribution in [3.63, 3.8) is 0 Å². The third-order valence-electron chi connectivity index (χ3n) is 0.223. The van der Waals surface area contributed by atoms with E-state index in [1.807, 2.05) is 0 Å². The van der Waals surface area contributed by atoms with Gasteiger partial charge in [-0.05, 0) is 0 Å². The molecule has 0 saturated carbocycles. The Hall–Kier alpha value is 3.67. The van der Waals surface area contributed by atoms with Crippen molar-refractivity contribution in [1.82, 2.24) is 0 Å². The van der Waals surface area contributed by atoms with Crippen LogP contribution in [0, 0.1) is 0 Å². The fourth-order valence-electron chi connectivity index (χ4n) is 0. The van der Waals surface area contributed by atoms with Crippen LogP contribution in [0.25, 0.3) is 0 Å².